The van der Waals surface area contributed by atoms with Crippen LogP contribution in [0.4, 0.5) is 0 Å². The minimum absolute atomic E-state index is 0.0992. The van der Waals surface area contributed by atoms with Crippen molar-refractivity contribution in [1.82, 2.24) is 0 Å². The lowest BCUT2D eigenvalue weighted by Gasteiger charge is -1.93. The van der Waals surface area contributed by atoms with Crippen LogP contribution in [0.3, 0.4) is 0 Å². The predicted molar refractivity (Wildman–Crippen MR) is 48.6 cm³/mol. The molecular formula is C8H16O3P+. The SMILES string of the molecule is CCCCOC[P+](=O)C(=O)CC. The first-order valence-electron chi connectivity index (χ1n) is 4.27. The quantitative estimate of drug-likeness (QED) is 0.458. The highest BCUT2D eigenvalue weighted by molar-refractivity contribution is 7.63. The molecular weight excluding hydrogens is 175 g/mol. The molecule has 1 unspecified atom stereocenters. The summed E-state index contributed by atoms with van der Waals surface area (Å²) in [6.45, 7) is 4.37. The second-order valence-corrected chi connectivity index (χ2v) is 4.03. The van der Waals surface area contributed by atoms with E-state index in [-0.39, 0.29) is 11.9 Å². The van der Waals surface area contributed by atoms with Gasteiger partial charge in [0.2, 0.25) is 0 Å². The number of hydrogen-bond acceptors (Lipinski definition) is 3. The van der Waals surface area contributed by atoms with Crippen molar-refractivity contribution >= 4 is 13.3 Å². The monoisotopic (exact) mass is 191 g/mol. The third kappa shape index (κ3) is 5.39. The van der Waals surface area contributed by atoms with Crippen molar-refractivity contribution in [2.75, 3.05) is 13.0 Å². The minimum atomic E-state index is -1.77. The molecule has 70 valence electrons. The molecule has 0 aromatic rings. The fourth-order valence-corrected chi connectivity index (χ4v) is 1.43. The summed E-state index contributed by atoms with van der Waals surface area (Å²) in [6, 6.07) is 0. The first-order valence-corrected chi connectivity index (χ1v) is 5.72. The molecule has 0 aliphatic rings. The van der Waals surface area contributed by atoms with Crippen molar-refractivity contribution in [1.29, 1.82) is 0 Å². The van der Waals surface area contributed by atoms with Crippen LogP contribution in [-0.4, -0.2) is 18.5 Å². The van der Waals surface area contributed by atoms with Gasteiger partial charge < -0.3 is 4.74 Å². The van der Waals surface area contributed by atoms with E-state index >= 15 is 0 Å². The van der Waals surface area contributed by atoms with Crippen LogP contribution >= 0.6 is 7.80 Å². The Labute approximate surface area is 74.3 Å². The maximum absolute atomic E-state index is 11.0. The van der Waals surface area contributed by atoms with Crippen molar-refractivity contribution in [3.8, 4) is 0 Å². The molecule has 4 heteroatoms. The lowest BCUT2D eigenvalue weighted by atomic mass is 10.4. The average molecular weight is 191 g/mol. The molecule has 0 aliphatic carbocycles. The van der Waals surface area contributed by atoms with Gasteiger partial charge in [0.15, 0.2) is 0 Å². The van der Waals surface area contributed by atoms with E-state index in [1.54, 1.807) is 6.92 Å². The Bertz CT molecular complexity index is 156. The van der Waals surface area contributed by atoms with Crippen molar-refractivity contribution in [2.45, 2.75) is 33.1 Å². The van der Waals surface area contributed by atoms with Crippen molar-refractivity contribution in [2.24, 2.45) is 0 Å². The van der Waals surface area contributed by atoms with Crippen molar-refractivity contribution < 1.29 is 14.1 Å². The summed E-state index contributed by atoms with van der Waals surface area (Å²) in [5.74, 6) is 0. The third-order valence-corrected chi connectivity index (χ3v) is 2.72. The summed E-state index contributed by atoms with van der Waals surface area (Å²) >= 11 is 0. The highest BCUT2D eigenvalue weighted by Crippen LogP contribution is 2.22. The van der Waals surface area contributed by atoms with Gasteiger partial charge in [-0.25, -0.2) is 4.79 Å². The Morgan fingerprint density at radius 1 is 1.42 bits per heavy atom. The molecule has 0 bridgehead atoms. The van der Waals surface area contributed by atoms with Gasteiger partial charge in [0, 0.05) is 0 Å². The first kappa shape index (κ1) is 11.7. The van der Waals surface area contributed by atoms with Crippen LogP contribution in [0.15, 0.2) is 0 Å². The Morgan fingerprint density at radius 2 is 2.08 bits per heavy atom. The summed E-state index contributed by atoms with van der Waals surface area (Å²) in [5, 5.41) is 0. The zero-order chi connectivity index (χ0) is 9.40. The van der Waals surface area contributed by atoms with Crippen LogP contribution in [0.1, 0.15) is 33.1 Å². The van der Waals surface area contributed by atoms with Gasteiger partial charge >= 0.3 is 13.3 Å². The second kappa shape index (κ2) is 7.38. The van der Waals surface area contributed by atoms with E-state index in [4.69, 9.17) is 4.74 Å². The number of ether oxygens (including phenoxy) is 1. The van der Waals surface area contributed by atoms with Crippen molar-refractivity contribution in [3.63, 3.8) is 0 Å². The minimum Gasteiger partial charge on any atom is -0.337 e. The number of rotatable bonds is 7. The predicted octanol–water partition coefficient (Wildman–Crippen LogP) is 2.52. The molecule has 3 nitrogen and oxygen atoms in total. The molecule has 0 N–H and O–H groups in total. The maximum atomic E-state index is 11.0. The Hall–Kier alpha value is -0.270. The second-order valence-electron chi connectivity index (χ2n) is 2.52. The van der Waals surface area contributed by atoms with E-state index in [1.807, 2.05) is 0 Å². The fraction of sp³-hybridized carbons (Fsp3) is 0.875. The van der Waals surface area contributed by atoms with Gasteiger partial charge in [0.25, 0.3) is 6.35 Å². The molecule has 0 fully saturated rings. The Kier molecular flexibility index (Phi) is 7.22. The normalized spacial score (nSPS) is 11.3. The van der Waals surface area contributed by atoms with E-state index in [0.29, 0.717) is 13.0 Å². The fourth-order valence-electron chi connectivity index (χ4n) is 0.642. The molecule has 0 radical (unpaired) electrons. The van der Waals surface area contributed by atoms with E-state index in [0.717, 1.165) is 12.8 Å². The highest BCUT2D eigenvalue weighted by atomic mass is 31.1. The Balaban J connectivity index is 3.38. The van der Waals surface area contributed by atoms with Gasteiger partial charge in [-0.3, -0.25) is 0 Å². The summed E-state index contributed by atoms with van der Waals surface area (Å²) in [6.07, 6.45) is 2.45. The molecule has 1 atom stereocenters. The summed E-state index contributed by atoms with van der Waals surface area (Å²) < 4.78 is 16.1. The van der Waals surface area contributed by atoms with Crippen LogP contribution in [-0.2, 0) is 14.1 Å². The zero-order valence-corrected chi connectivity index (χ0v) is 8.60. The summed E-state index contributed by atoms with van der Waals surface area (Å²) in [7, 11) is -1.77. The molecule has 0 heterocycles. The lowest BCUT2D eigenvalue weighted by molar-refractivity contribution is -0.111. The van der Waals surface area contributed by atoms with Gasteiger partial charge in [-0.05, 0) is 6.42 Å². The van der Waals surface area contributed by atoms with Gasteiger partial charge in [0.05, 0.1) is 13.0 Å². The van der Waals surface area contributed by atoms with E-state index in [9.17, 15) is 9.36 Å². The summed E-state index contributed by atoms with van der Waals surface area (Å²) in [4.78, 5) is 10.8. The largest absolute Gasteiger partial charge is 0.442 e. The van der Waals surface area contributed by atoms with E-state index < -0.39 is 7.80 Å². The Morgan fingerprint density at radius 3 is 2.58 bits per heavy atom. The average Bonchev–Trinajstić information content (AvgIpc) is 2.10. The first-order chi connectivity index (χ1) is 5.72. The van der Waals surface area contributed by atoms with Crippen LogP contribution in [0, 0.1) is 0 Å². The molecule has 0 saturated heterocycles. The lowest BCUT2D eigenvalue weighted by Crippen LogP contribution is -1.97. The number of unbranched alkanes of at least 4 members (excludes halogenated alkanes) is 1. The number of carbonyl (C=O) groups excluding carboxylic acids is 1. The highest BCUT2D eigenvalue weighted by Gasteiger charge is 2.25. The van der Waals surface area contributed by atoms with Gasteiger partial charge in [-0.1, -0.05) is 24.8 Å². The topological polar surface area (TPSA) is 43.4 Å². The van der Waals surface area contributed by atoms with Crippen molar-refractivity contribution in [3.05, 3.63) is 0 Å². The smallest absolute Gasteiger partial charge is 0.337 e. The molecule has 12 heavy (non-hydrogen) atoms. The van der Waals surface area contributed by atoms with Gasteiger partial charge in [0.1, 0.15) is 0 Å². The molecule has 0 aromatic carbocycles. The van der Waals surface area contributed by atoms with Crippen LogP contribution < -0.4 is 0 Å². The molecule has 0 spiro atoms. The zero-order valence-electron chi connectivity index (χ0n) is 7.71. The van der Waals surface area contributed by atoms with E-state index in [1.165, 1.54) is 0 Å². The van der Waals surface area contributed by atoms with E-state index in [2.05, 4.69) is 6.92 Å². The molecule has 0 aromatic heterocycles. The van der Waals surface area contributed by atoms with Gasteiger partial charge in [-0.2, -0.15) is 0 Å². The van der Waals surface area contributed by atoms with Crippen LogP contribution in [0.2, 0.25) is 0 Å². The third-order valence-electron chi connectivity index (χ3n) is 1.43. The standard InChI is InChI=1S/C8H16O3P/c1-3-5-6-11-7-12(10)8(9)4-2/h3-7H2,1-2H3/q+1. The molecule has 0 amide bonds. The van der Waals surface area contributed by atoms with Crippen LogP contribution in [0.25, 0.3) is 0 Å². The van der Waals surface area contributed by atoms with Crippen LogP contribution in [0.5, 0.6) is 0 Å². The number of carbonyl (C=O) groups is 1. The van der Waals surface area contributed by atoms with Gasteiger partial charge in [-0.15, -0.1) is 0 Å². The summed E-state index contributed by atoms with van der Waals surface area (Å²) in [5.41, 5.74) is -0.193. The molecule has 0 saturated carbocycles. The number of hydrogen-bond donors (Lipinski definition) is 0. The molecule has 0 rings (SSSR count). The maximum Gasteiger partial charge on any atom is 0.442 e. The molecule has 0 aliphatic heterocycles.